The summed E-state index contributed by atoms with van der Waals surface area (Å²) in [5, 5.41) is 10.6. The first-order chi connectivity index (χ1) is 35.6. The third kappa shape index (κ3) is 16.0. The molecule has 6 aromatic rings. The Hall–Kier alpha value is -6.96. The Labute approximate surface area is 431 Å². The molecule has 0 radical (unpaired) electrons. The van der Waals surface area contributed by atoms with Crippen LogP contribution >= 0.6 is 0 Å². The summed E-state index contributed by atoms with van der Waals surface area (Å²) in [6, 6.07) is 21.1. The number of nitrogens with one attached hydrogen (secondary N) is 1. The molecule has 1 atom stereocenters. The fourth-order valence-corrected chi connectivity index (χ4v) is 8.24. The maximum Gasteiger partial charge on any atom is 0.418 e. The van der Waals surface area contributed by atoms with Crippen molar-refractivity contribution in [1.82, 2.24) is 38.8 Å². The highest BCUT2D eigenvalue weighted by atomic mass is 19.4. The van der Waals surface area contributed by atoms with Crippen LogP contribution < -0.4 is 20.8 Å². The quantitative estimate of drug-likeness (QED) is 0.0625. The molecule has 1 N–H and O–H groups in total. The third-order valence-electron chi connectivity index (χ3n) is 12.8. The lowest BCUT2D eigenvalue weighted by molar-refractivity contribution is -0.136. The Kier molecular flexibility index (Phi) is 22.3. The number of ether oxygens (including phenoxy) is 1. The molecule has 74 heavy (non-hydrogen) atoms. The summed E-state index contributed by atoms with van der Waals surface area (Å²) < 4.78 is 51.1. The smallest absolute Gasteiger partial charge is 0.375 e. The van der Waals surface area contributed by atoms with Crippen molar-refractivity contribution in [2.24, 2.45) is 7.05 Å². The zero-order chi connectivity index (χ0) is 53.8. The molecule has 8 rings (SSSR count). The van der Waals surface area contributed by atoms with Crippen molar-refractivity contribution in [3.05, 3.63) is 141 Å². The van der Waals surface area contributed by atoms with Gasteiger partial charge in [0.2, 0.25) is 5.91 Å². The molecule has 1 unspecified atom stereocenters. The fourth-order valence-electron chi connectivity index (χ4n) is 8.24. The first kappa shape index (κ1) is 57.9. The molecule has 1 aliphatic heterocycles. The molecule has 0 bridgehead atoms. The van der Waals surface area contributed by atoms with Crippen LogP contribution in [0.1, 0.15) is 101 Å². The number of pyridine rings is 1. The Bertz CT molecular complexity index is 2790. The van der Waals surface area contributed by atoms with Crippen molar-refractivity contribution >= 4 is 41.7 Å². The van der Waals surface area contributed by atoms with Crippen LogP contribution in [0.15, 0.2) is 96.3 Å². The molecule has 2 fully saturated rings. The van der Waals surface area contributed by atoms with Gasteiger partial charge in [-0.05, 0) is 105 Å². The van der Waals surface area contributed by atoms with Gasteiger partial charge in [-0.25, -0.2) is 4.79 Å². The molecule has 1 saturated carbocycles. The molecule has 3 aromatic heterocycles. The van der Waals surface area contributed by atoms with E-state index in [1.54, 1.807) is 36.1 Å². The number of piperazine rings is 1. The molecule has 1 amide bonds. The van der Waals surface area contributed by atoms with Gasteiger partial charge < -0.3 is 34.1 Å². The van der Waals surface area contributed by atoms with Gasteiger partial charge in [-0.2, -0.15) is 13.2 Å². The molecule has 1 saturated heterocycles. The topological polar surface area (TPSA) is 160 Å². The standard InChI is InChI=1S/C26H32N4O4.C23H25F3N6O2.C4H8.C2H6/c1-27-26(34)25(4-3-15-31)28(2)17-22-16-24(10-7-21(22)19-33)30-13-11-29(12-14-30)23-8-5-20(18-32)6-9-23;1-29(2)7-8-34-14-17-10-19(23(24,25)26)20-13-31(22(33)32(20)12-17)18-6-4-5-16(9-18)11-21-28-27-15-30(21)3;1-2-4-3-1;1-2/h5-10,15-16,18-19,25H,3-4,11-14,17H2,1-2H3,(H,27,34);4-6,9-10,12-13,15H,7-8,11,14H2,1-3H3;1-4H2;1-2H3. The summed E-state index contributed by atoms with van der Waals surface area (Å²) in [6.45, 7) is 8.72. The molecule has 19 heteroatoms. The molecular formula is C55H71F3N10O6. The maximum atomic E-state index is 13.9. The molecule has 16 nitrogen and oxygen atoms in total. The van der Waals surface area contributed by atoms with Gasteiger partial charge in [0.1, 0.15) is 31.0 Å². The first-order valence-corrected chi connectivity index (χ1v) is 25.1. The first-order valence-electron chi connectivity index (χ1n) is 25.1. The number of hydrogen-bond donors (Lipinski definition) is 1. The van der Waals surface area contributed by atoms with E-state index in [1.165, 1.54) is 42.6 Å². The number of hydrogen-bond acceptors (Lipinski definition) is 12. The zero-order valence-electron chi connectivity index (χ0n) is 43.7. The number of likely N-dealkylation sites (N-methyl/N-ethyl adjacent to an activating group) is 3. The molecule has 4 heterocycles. The van der Waals surface area contributed by atoms with Gasteiger partial charge in [-0.1, -0.05) is 51.7 Å². The van der Waals surface area contributed by atoms with Crippen molar-refractivity contribution in [3.63, 3.8) is 0 Å². The van der Waals surface area contributed by atoms with E-state index in [0.717, 1.165) is 83.8 Å². The summed E-state index contributed by atoms with van der Waals surface area (Å²) in [5.74, 6) is 0.579. The normalized spacial score (nSPS) is 13.7. The van der Waals surface area contributed by atoms with Gasteiger partial charge in [0.05, 0.1) is 36.0 Å². The minimum absolute atomic E-state index is 0.0301. The van der Waals surface area contributed by atoms with Crippen molar-refractivity contribution in [1.29, 1.82) is 0 Å². The lowest BCUT2D eigenvalue weighted by Gasteiger charge is -2.37. The molecular weight excluding hydrogens is 954 g/mol. The number of halogens is 3. The summed E-state index contributed by atoms with van der Waals surface area (Å²) in [6.07, 6.45) is 9.28. The summed E-state index contributed by atoms with van der Waals surface area (Å²) >= 11 is 0. The van der Waals surface area contributed by atoms with Gasteiger partial charge in [-0.3, -0.25) is 28.3 Å². The Morgan fingerprint density at radius 2 is 1.50 bits per heavy atom. The second kappa shape index (κ2) is 28.5. The van der Waals surface area contributed by atoms with Crippen molar-refractivity contribution < 1.29 is 37.1 Å². The molecule has 3 aromatic carbocycles. The van der Waals surface area contributed by atoms with E-state index >= 15 is 0 Å². The van der Waals surface area contributed by atoms with E-state index in [-0.39, 0.29) is 23.6 Å². The minimum Gasteiger partial charge on any atom is -0.375 e. The highest BCUT2D eigenvalue weighted by Gasteiger charge is 2.34. The number of amides is 1. The van der Waals surface area contributed by atoms with E-state index in [9.17, 15) is 37.1 Å². The summed E-state index contributed by atoms with van der Waals surface area (Å²) in [4.78, 5) is 67.3. The van der Waals surface area contributed by atoms with Gasteiger partial charge in [0.15, 0.2) is 0 Å². The number of rotatable bonds is 19. The lowest BCUT2D eigenvalue weighted by Crippen LogP contribution is -2.46. The van der Waals surface area contributed by atoms with Crippen LogP contribution in [0.25, 0.3) is 11.2 Å². The van der Waals surface area contributed by atoms with Crippen LogP contribution in [-0.2, 0) is 47.1 Å². The van der Waals surface area contributed by atoms with Crippen LogP contribution in [0.5, 0.6) is 0 Å². The van der Waals surface area contributed by atoms with Crippen LogP contribution in [0.4, 0.5) is 24.5 Å². The predicted molar refractivity (Wildman–Crippen MR) is 283 cm³/mol. The predicted octanol–water partition coefficient (Wildman–Crippen LogP) is 7.66. The van der Waals surface area contributed by atoms with E-state index in [0.29, 0.717) is 55.8 Å². The minimum atomic E-state index is -4.63. The summed E-state index contributed by atoms with van der Waals surface area (Å²) in [5.41, 5.74) is 4.14. The van der Waals surface area contributed by atoms with Crippen LogP contribution in [-0.4, -0.2) is 132 Å². The molecule has 0 spiro atoms. The second-order valence-electron chi connectivity index (χ2n) is 18.2. The number of anilines is 2. The largest absolute Gasteiger partial charge is 0.418 e. The molecule has 1 aliphatic carbocycles. The van der Waals surface area contributed by atoms with E-state index in [1.807, 2.05) is 100 Å². The monoisotopic (exact) mass is 1020 g/mol. The fraction of sp³-hybridized carbons (Fsp3) is 0.436. The van der Waals surface area contributed by atoms with Crippen molar-refractivity contribution in [3.8, 4) is 5.69 Å². The van der Waals surface area contributed by atoms with Gasteiger partial charge in [0.25, 0.3) is 0 Å². The Balaban J connectivity index is 0.000000246. The van der Waals surface area contributed by atoms with E-state index < -0.39 is 23.5 Å². The average molecular weight is 1030 g/mol. The van der Waals surface area contributed by atoms with Crippen LogP contribution in [0.2, 0.25) is 0 Å². The van der Waals surface area contributed by atoms with Gasteiger partial charge >= 0.3 is 11.9 Å². The number of aryl methyl sites for hydroxylation is 1. The number of aldehydes is 3. The zero-order valence-corrected chi connectivity index (χ0v) is 43.7. The highest BCUT2D eigenvalue weighted by molar-refractivity contribution is 5.82. The van der Waals surface area contributed by atoms with Crippen molar-refractivity contribution in [2.75, 3.05) is 77.3 Å². The number of carbonyl (C=O) groups is 4. The Morgan fingerprint density at radius 3 is 2.07 bits per heavy atom. The number of alkyl halides is 3. The van der Waals surface area contributed by atoms with Gasteiger partial charge in [-0.15, -0.1) is 10.2 Å². The van der Waals surface area contributed by atoms with E-state index in [2.05, 4.69) is 25.3 Å². The molecule has 398 valence electrons. The average Bonchev–Trinajstić information content (AvgIpc) is 3.95. The number of fused-ring (bicyclic) bond motifs is 1. The van der Waals surface area contributed by atoms with E-state index in [4.69, 9.17) is 4.74 Å². The molecule has 2 aliphatic rings. The third-order valence-corrected chi connectivity index (χ3v) is 12.8. The number of nitrogens with zero attached hydrogens (tertiary/aromatic N) is 9. The Morgan fingerprint density at radius 1 is 0.838 bits per heavy atom. The lowest BCUT2D eigenvalue weighted by atomic mass is 10.0. The number of carbonyl (C=O) groups excluding carboxylic acids is 4. The SMILES string of the molecule is C1CCC1.CC.CN(C)CCOCc1cc(C(F)(F)F)c2cn(-c3cccc(Cc4nncn4C)c3)c(=O)n2c1.CNC(=O)C(CCC=O)N(C)Cc1cc(N2CCN(c3ccc(C=O)cc3)CC2)ccc1C=O. The van der Waals surface area contributed by atoms with Crippen LogP contribution in [0.3, 0.4) is 0 Å². The highest BCUT2D eigenvalue weighted by Crippen LogP contribution is 2.34. The number of benzene rings is 3. The van der Waals surface area contributed by atoms with Gasteiger partial charge in [0, 0.05) is 101 Å². The van der Waals surface area contributed by atoms with Crippen molar-refractivity contribution in [2.45, 2.75) is 84.2 Å². The summed E-state index contributed by atoms with van der Waals surface area (Å²) in [7, 11) is 8.99. The number of imidazole rings is 1. The van der Waals surface area contributed by atoms with Crippen LogP contribution in [0, 0.1) is 0 Å². The maximum absolute atomic E-state index is 13.9. The second-order valence-corrected chi connectivity index (χ2v) is 18.2. The number of aromatic nitrogens is 5.